The van der Waals surface area contributed by atoms with Crippen molar-refractivity contribution < 1.29 is 13.2 Å². The molecule has 0 fully saturated rings. The van der Waals surface area contributed by atoms with Gasteiger partial charge in [-0.3, -0.25) is 4.39 Å². The molecule has 0 amide bonds. The maximum atomic E-state index is 12.2. The summed E-state index contributed by atoms with van der Waals surface area (Å²) in [4.78, 5) is 3.80. The highest BCUT2D eigenvalue weighted by atomic mass is 19.3. The summed E-state index contributed by atoms with van der Waals surface area (Å²) >= 11 is 0. The van der Waals surface area contributed by atoms with Crippen molar-refractivity contribution in [1.29, 1.82) is 0 Å². The number of aromatic nitrogens is 2. The number of hydrogen-bond acceptors (Lipinski definition) is 2. The van der Waals surface area contributed by atoms with Gasteiger partial charge in [0.1, 0.15) is 11.5 Å². The molecule has 0 spiro atoms. The van der Waals surface area contributed by atoms with Crippen LogP contribution >= 0.6 is 0 Å². The zero-order valence-corrected chi connectivity index (χ0v) is 7.80. The first kappa shape index (κ1) is 11.0. The molecule has 0 aliphatic carbocycles. The van der Waals surface area contributed by atoms with E-state index in [2.05, 4.69) is 10.3 Å². The van der Waals surface area contributed by atoms with E-state index in [1.165, 1.54) is 6.20 Å². The van der Waals surface area contributed by atoms with Gasteiger partial charge in [-0.2, -0.15) is 0 Å². The summed E-state index contributed by atoms with van der Waals surface area (Å²) in [5, 5.41) is 3.06. The normalized spacial score (nSPS) is 14.6. The van der Waals surface area contributed by atoms with Crippen molar-refractivity contribution in [3.63, 3.8) is 0 Å². The average Bonchev–Trinajstić information content (AvgIpc) is 2.64. The van der Waals surface area contributed by atoms with E-state index in [4.69, 9.17) is 0 Å². The number of rotatable bonds is 1. The van der Waals surface area contributed by atoms with E-state index in [0.29, 0.717) is 19.5 Å². The average molecular weight is 207 g/mol. The highest BCUT2D eigenvalue weighted by Crippen LogP contribution is 2.18. The summed E-state index contributed by atoms with van der Waals surface area (Å²) in [6.07, 6.45) is -1.02. The fourth-order valence-electron chi connectivity index (χ4n) is 1.32. The van der Waals surface area contributed by atoms with Gasteiger partial charge in [-0.25, -0.2) is 13.8 Å². The van der Waals surface area contributed by atoms with Crippen molar-refractivity contribution >= 4 is 0 Å². The Bertz CT molecular complexity index is 262. The molecular weight excluding hydrogens is 195 g/mol. The lowest BCUT2D eigenvalue weighted by molar-refractivity contribution is 0.146. The van der Waals surface area contributed by atoms with E-state index in [1.807, 2.05) is 0 Å². The second-order valence-electron chi connectivity index (χ2n) is 2.75. The topological polar surface area (TPSA) is 29.9 Å². The first-order valence-electron chi connectivity index (χ1n) is 4.20. The van der Waals surface area contributed by atoms with Crippen LogP contribution in [0.1, 0.15) is 17.9 Å². The number of nitrogens with zero attached hydrogens (tertiary/aromatic N) is 2. The van der Waals surface area contributed by atoms with Crippen molar-refractivity contribution in [3.8, 4) is 0 Å². The van der Waals surface area contributed by atoms with Crippen molar-refractivity contribution in [2.75, 3.05) is 13.7 Å². The van der Waals surface area contributed by atoms with Crippen LogP contribution < -0.4 is 5.32 Å². The highest BCUT2D eigenvalue weighted by molar-refractivity contribution is 5.06. The molecule has 0 bridgehead atoms. The summed E-state index contributed by atoms with van der Waals surface area (Å²) in [6.45, 7) is 2.15. The Morgan fingerprint density at radius 2 is 2.21 bits per heavy atom. The van der Waals surface area contributed by atoms with Crippen LogP contribution in [-0.2, 0) is 13.1 Å². The molecule has 1 N–H and O–H groups in total. The zero-order valence-electron chi connectivity index (χ0n) is 7.80. The summed E-state index contributed by atoms with van der Waals surface area (Å²) in [5.74, 6) is 0.705. The maximum absolute atomic E-state index is 12.2. The SMILES string of the molecule is CF.FC(F)c1cn2c(n1)CNCC2. The molecule has 1 aromatic rings. The molecule has 2 heterocycles. The monoisotopic (exact) mass is 207 g/mol. The molecule has 0 unspecified atom stereocenters. The number of halogens is 3. The standard InChI is InChI=1S/C7H9F2N3.CH3F/c8-7(9)5-4-12-2-1-10-3-6(12)11-5;1-2/h4,7,10H,1-3H2;1H3. The molecule has 0 radical (unpaired) electrons. The minimum Gasteiger partial charge on any atom is -0.332 e. The first-order chi connectivity index (χ1) is 6.77. The summed E-state index contributed by atoms with van der Waals surface area (Å²) in [7, 11) is 0.500. The third-order valence-electron chi connectivity index (χ3n) is 1.91. The van der Waals surface area contributed by atoms with Crippen LogP contribution in [0.4, 0.5) is 13.2 Å². The van der Waals surface area contributed by atoms with E-state index in [9.17, 15) is 13.2 Å². The van der Waals surface area contributed by atoms with E-state index in [1.54, 1.807) is 4.57 Å². The van der Waals surface area contributed by atoms with Crippen molar-refractivity contribution in [3.05, 3.63) is 17.7 Å². The first-order valence-corrected chi connectivity index (χ1v) is 4.20. The van der Waals surface area contributed by atoms with Gasteiger partial charge in [0, 0.05) is 19.3 Å². The predicted molar refractivity (Wildman–Crippen MR) is 45.9 cm³/mol. The molecule has 0 saturated heterocycles. The van der Waals surface area contributed by atoms with Crippen LogP contribution in [0.3, 0.4) is 0 Å². The van der Waals surface area contributed by atoms with Crippen LogP contribution in [0.15, 0.2) is 6.20 Å². The molecular formula is C8H12F3N3. The van der Waals surface area contributed by atoms with Crippen LogP contribution in [0.2, 0.25) is 0 Å². The molecule has 0 atom stereocenters. The van der Waals surface area contributed by atoms with Gasteiger partial charge < -0.3 is 9.88 Å². The van der Waals surface area contributed by atoms with Gasteiger partial charge in [0.25, 0.3) is 6.43 Å². The lowest BCUT2D eigenvalue weighted by Gasteiger charge is -2.13. The van der Waals surface area contributed by atoms with E-state index in [-0.39, 0.29) is 5.69 Å². The van der Waals surface area contributed by atoms with Gasteiger partial charge in [0.2, 0.25) is 0 Å². The Labute approximate surface area is 79.9 Å². The lowest BCUT2D eigenvalue weighted by atomic mass is 10.4. The Balaban J connectivity index is 0.000000461. The summed E-state index contributed by atoms with van der Waals surface area (Å²) < 4.78 is 35.6. The minimum absolute atomic E-state index is 0.117. The van der Waals surface area contributed by atoms with Gasteiger partial charge >= 0.3 is 0 Å². The van der Waals surface area contributed by atoms with E-state index in [0.717, 1.165) is 13.1 Å². The lowest BCUT2D eigenvalue weighted by Crippen LogP contribution is -2.27. The molecule has 1 aliphatic heterocycles. The van der Waals surface area contributed by atoms with E-state index < -0.39 is 6.43 Å². The minimum atomic E-state index is -2.46. The fraction of sp³-hybridized carbons (Fsp3) is 0.625. The number of imidazole rings is 1. The quantitative estimate of drug-likeness (QED) is 0.756. The van der Waals surface area contributed by atoms with Gasteiger partial charge in [0.15, 0.2) is 0 Å². The summed E-state index contributed by atoms with van der Waals surface area (Å²) in [6, 6.07) is 0. The Morgan fingerprint density at radius 1 is 1.50 bits per heavy atom. The third kappa shape index (κ3) is 2.25. The maximum Gasteiger partial charge on any atom is 0.281 e. The van der Waals surface area contributed by atoms with Gasteiger partial charge in [-0.1, -0.05) is 0 Å². The highest BCUT2D eigenvalue weighted by Gasteiger charge is 2.16. The molecule has 3 nitrogen and oxygen atoms in total. The number of nitrogens with one attached hydrogen (secondary N) is 1. The second-order valence-corrected chi connectivity index (χ2v) is 2.75. The predicted octanol–water partition coefficient (Wildman–Crippen LogP) is 1.51. The summed E-state index contributed by atoms with van der Waals surface area (Å²) in [5.41, 5.74) is -0.117. The van der Waals surface area contributed by atoms with E-state index >= 15 is 0 Å². The van der Waals surface area contributed by atoms with Crippen molar-refractivity contribution in [2.24, 2.45) is 0 Å². The Kier molecular flexibility index (Phi) is 3.94. The molecule has 14 heavy (non-hydrogen) atoms. The molecule has 1 aromatic heterocycles. The fourth-order valence-corrected chi connectivity index (χ4v) is 1.32. The van der Waals surface area contributed by atoms with Crippen LogP contribution in [-0.4, -0.2) is 23.3 Å². The van der Waals surface area contributed by atoms with Crippen molar-refractivity contribution in [2.45, 2.75) is 19.5 Å². The molecule has 2 rings (SSSR count). The van der Waals surface area contributed by atoms with Gasteiger partial charge in [-0.15, -0.1) is 0 Å². The van der Waals surface area contributed by atoms with Gasteiger partial charge in [-0.05, 0) is 0 Å². The third-order valence-corrected chi connectivity index (χ3v) is 1.91. The number of fused-ring (bicyclic) bond motifs is 1. The van der Waals surface area contributed by atoms with Crippen LogP contribution in [0, 0.1) is 0 Å². The molecule has 0 saturated carbocycles. The molecule has 6 heteroatoms. The second kappa shape index (κ2) is 4.99. The number of hydrogen-bond donors (Lipinski definition) is 1. The Hall–Kier alpha value is -1.04. The van der Waals surface area contributed by atoms with Crippen molar-refractivity contribution in [1.82, 2.24) is 14.9 Å². The van der Waals surface area contributed by atoms with Crippen LogP contribution in [0.25, 0.3) is 0 Å². The largest absolute Gasteiger partial charge is 0.332 e. The Morgan fingerprint density at radius 3 is 2.79 bits per heavy atom. The van der Waals surface area contributed by atoms with Gasteiger partial charge in [0.05, 0.1) is 13.7 Å². The number of alkyl halides is 3. The molecule has 0 aromatic carbocycles. The molecule has 1 aliphatic rings. The smallest absolute Gasteiger partial charge is 0.281 e. The zero-order chi connectivity index (χ0) is 10.6. The van der Waals surface area contributed by atoms with Crippen LogP contribution in [0.5, 0.6) is 0 Å². The molecule has 80 valence electrons.